The number of fused-ring (bicyclic) bond motifs is 1. The number of nitrogens with zero attached hydrogens (tertiary/aromatic N) is 3. The van der Waals surface area contributed by atoms with E-state index in [9.17, 15) is 17.6 Å². The summed E-state index contributed by atoms with van der Waals surface area (Å²) in [6.45, 7) is 1.88. The molecule has 0 saturated carbocycles. The number of ether oxygens (including phenoxy) is 1. The van der Waals surface area contributed by atoms with Crippen LogP contribution in [0, 0.1) is 5.82 Å². The molecule has 0 aliphatic carbocycles. The highest BCUT2D eigenvalue weighted by molar-refractivity contribution is 5.79. The van der Waals surface area contributed by atoms with Crippen LogP contribution in [0.3, 0.4) is 0 Å². The molecule has 1 aliphatic heterocycles. The molecule has 2 aromatic carbocycles. The first-order chi connectivity index (χ1) is 14.3. The van der Waals surface area contributed by atoms with Crippen LogP contribution in [-0.4, -0.2) is 34.7 Å². The smallest absolute Gasteiger partial charge is 0.376 e. The van der Waals surface area contributed by atoms with Gasteiger partial charge in [0, 0.05) is 18.0 Å². The molecular weight excluding hydrogens is 400 g/mol. The zero-order chi connectivity index (χ0) is 21.4. The largest absolute Gasteiger partial charge is 0.416 e. The Labute approximate surface area is 171 Å². The number of benzene rings is 2. The lowest BCUT2D eigenvalue weighted by atomic mass is 9.74. The monoisotopic (exact) mass is 422 g/mol. The molecule has 0 radical (unpaired) electrons. The molecule has 1 N–H and O–H groups in total. The molecule has 1 aromatic heterocycles. The number of piperidine rings is 1. The number of hydrogen-bond acceptors (Lipinski definition) is 4. The van der Waals surface area contributed by atoms with Gasteiger partial charge in [0.15, 0.2) is 0 Å². The van der Waals surface area contributed by atoms with Crippen molar-refractivity contribution in [2.75, 3.05) is 19.7 Å². The minimum absolute atomic E-state index is 0.0184. The van der Waals surface area contributed by atoms with Gasteiger partial charge >= 0.3 is 6.18 Å². The summed E-state index contributed by atoms with van der Waals surface area (Å²) < 4.78 is 60.7. The molecular formula is C21H22F4N4O. The zero-order valence-corrected chi connectivity index (χ0v) is 16.5. The van der Waals surface area contributed by atoms with E-state index in [2.05, 4.69) is 15.6 Å². The number of halogens is 4. The third-order valence-electron chi connectivity index (χ3n) is 5.78. The fourth-order valence-corrected chi connectivity index (χ4v) is 4.06. The first-order valence-electron chi connectivity index (χ1n) is 9.73. The maximum atomic E-state index is 13.4. The van der Waals surface area contributed by atoms with Crippen molar-refractivity contribution in [3.8, 4) is 0 Å². The Bertz CT molecular complexity index is 1020. The van der Waals surface area contributed by atoms with E-state index in [0.717, 1.165) is 43.6 Å². The Morgan fingerprint density at radius 3 is 2.50 bits per heavy atom. The topological polar surface area (TPSA) is 52.0 Å². The molecule has 1 aliphatic rings. The van der Waals surface area contributed by atoms with Crippen LogP contribution in [0.25, 0.3) is 11.0 Å². The van der Waals surface area contributed by atoms with Gasteiger partial charge in [-0.15, -0.1) is 5.10 Å². The predicted octanol–water partition coefficient (Wildman–Crippen LogP) is 3.96. The van der Waals surface area contributed by atoms with Gasteiger partial charge in [0.1, 0.15) is 11.3 Å². The van der Waals surface area contributed by atoms with Gasteiger partial charge in [-0.25, -0.2) is 9.07 Å². The molecule has 1 saturated heterocycles. The lowest BCUT2D eigenvalue weighted by molar-refractivity contribution is -0.137. The van der Waals surface area contributed by atoms with Crippen LogP contribution in [0.1, 0.15) is 29.5 Å². The second kappa shape index (κ2) is 7.96. The SMILES string of the molecule is Cn1nnc2c(COCC3(c4ccc(F)cc4)CCNCC3)cc(C(F)(F)F)cc21. The zero-order valence-electron chi connectivity index (χ0n) is 16.5. The quantitative estimate of drug-likeness (QED) is 0.633. The second-order valence-corrected chi connectivity index (χ2v) is 7.74. The Morgan fingerprint density at radius 2 is 1.83 bits per heavy atom. The van der Waals surface area contributed by atoms with Crippen LogP contribution < -0.4 is 5.32 Å². The molecule has 0 bridgehead atoms. The van der Waals surface area contributed by atoms with E-state index < -0.39 is 11.7 Å². The van der Waals surface area contributed by atoms with Gasteiger partial charge in [0.25, 0.3) is 0 Å². The molecule has 4 rings (SSSR count). The predicted molar refractivity (Wildman–Crippen MR) is 103 cm³/mol. The fraction of sp³-hybridized carbons (Fsp3) is 0.429. The molecule has 160 valence electrons. The van der Waals surface area contributed by atoms with Crippen molar-refractivity contribution in [2.45, 2.75) is 31.0 Å². The highest BCUT2D eigenvalue weighted by atomic mass is 19.4. The second-order valence-electron chi connectivity index (χ2n) is 7.74. The minimum atomic E-state index is -4.47. The first-order valence-corrected chi connectivity index (χ1v) is 9.73. The highest BCUT2D eigenvalue weighted by Crippen LogP contribution is 2.36. The van der Waals surface area contributed by atoms with E-state index in [1.165, 1.54) is 16.8 Å². The summed E-state index contributed by atoms with van der Waals surface area (Å²) in [5, 5.41) is 11.2. The first kappa shape index (κ1) is 20.7. The van der Waals surface area contributed by atoms with Gasteiger partial charge in [-0.1, -0.05) is 17.3 Å². The maximum Gasteiger partial charge on any atom is 0.416 e. The number of rotatable bonds is 5. The molecule has 5 nitrogen and oxygen atoms in total. The number of hydrogen-bond donors (Lipinski definition) is 1. The molecule has 2 heterocycles. The van der Waals surface area contributed by atoms with Crippen LogP contribution in [0.5, 0.6) is 0 Å². The van der Waals surface area contributed by atoms with Gasteiger partial charge in [0.2, 0.25) is 0 Å². The third-order valence-corrected chi connectivity index (χ3v) is 5.78. The average Bonchev–Trinajstić information content (AvgIpc) is 3.10. The number of aryl methyl sites for hydroxylation is 1. The summed E-state index contributed by atoms with van der Waals surface area (Å²) in [5.41, 5.74) is 0.941. The van der Waals surface area contributed by atoms with Crippen molar-refractivity contribution < 1.29 is 22.3 Å². The molecule has 1 fully saturated rings. The average molecular weight is 422 g/mol. The summed E-state index contributed by atoms with van der Waals surface area (Å²) >= 11 is 0. The van der Waals surface area contributed by atoms with Crippen LogP contribution in [-0.2, 0) is 30.0 Å². The van der Waals surface area contributed by atoms with E-state index in [4.69, 9.17) is 4.74 Å². The molecule has 0 unspecified atom stereocenters. The van der Waals surface area contributed by atoms with Crippen LogP contribution >= 0.6 is 0 Å². The normalized spacial score (nSPS) is 16.8. The molecule has 30 heavy (non-hydrogen) atoms. The van der Waals surface area contributed by atoms with Crippen molar-refractivity contribution in [3.63, 3.8) is 0 Å². The number of alkyl halides is 3. The Kier molecular flexibility index (Phi) is 5.50. The van der Waals surface area contributed by atoms with Crippen LogP contribution in [0.4, 0.5) is 17.6 Å². The Balaban J connectivity index is 1.59. The molecule has 9 heteroatoms. The fourth-order valence-electron chi connectivity index (χ4n) is 4.06. The third kappa shape index (κ3) is 4.04. The standard InChI is InChI=1S/C21H22F4N4O/c1-29-18-11-16(21(23,24)25)10-14(19(18)27-28-29)12-30-13-20(6-8-26-9-7-20)15-2-4-17(22)5-3-15/h2-5,10-11,26H,6-9,12-13H2,1H3. The van der Waals surface area contributed by atoms with E-state index in [1.807, 2.05) is 0 Å². The number of aromatic nitrogens is 3. The highest BCUT2D eigenvalue weighted by Gasteiger charge is 2.35. The summed E-state index contributed by atoms with van der Waals surface area (Å²) in [4.78, 5) is 0. The summed E-state index contributed by atoms with van der Waals surface area (Å²) in [7, 11) is 1.55. The molecule has 0 spiro atoms. The summed E-state index contributed by atoms with van der Waals surface area (Å²) in [6.07, 6.45) is -2.89. The molecule has 3 aromatic rings. The maximum absolute atomic E-state index is 13.4. The van der Waals surface area contributed by atoms with Gasteiger partial charge in [-0.2, -0.15) is 13.2 Å². The van der Waals surface area contributed by atoms with Gasteiger partial charge in [0.05, 0.1) is 24.3 Å². The van der Waals surface area contributed by atoms with Gasteiger partial charge in [-0.05, 0) is 55.8 Å². The summed E-state index contributed by atoms with van der Waals surface area (Å²) in [5.74, 6) is -0.308. The van der Waals surface area contributed by atoms with Crippen molar-refractivity contribution >= 4 is 11.0 Å². The van der Waals surface area contributed by atoms with E-state index in [1.54, 1.807) is 19.2 Å². The van der Waals surface area contributed by atoms with Crippen molar-refractivity contribution in [1.29, 1.82) is 0 Å². The molecule has 0 amide bonds. The van der Waals surface area contributed by atoms with E-state index >= 15 is 0 Å². The summed E-state index contributed by atoms with van der Waals surface area (Å²) in [6, 6.07) is 8.49. The van der Waals surface area contributed by atoms with Gasteiger partial charge in [-0.3, -0.25) is 0 Å². The lowest BCUT2D eigenvalue weighted by Gasteiger charge is -2.38. The molecule has 0 atom stereocenters. The lowest BCUT2D eigenvalue weighted by Crippen LogP contribution is -2.43. The number of nitrogens with one attached hydrogen (secondary N) is 1. The van der Waals surface area contributed by atoms with E-state index in [-0.39, 0.29) is 17.8 Å². The van der Waals surface area contributed by atoms with Gasteiger partial charge < -0.3 is 10.1 Å². The van der Waals surface area contributed by atoms with Crippen LogP contribution in [0.2, 0.25) is 0 Å². The van der Waals surface area contributed by atoms with E-state index in [0.29, 0.717) is 23.2 Å². The Morgan fingerprint density at radius 1 is 1.13 bits per heavy atom. The van der Waals surface area contributed by atoms with Crippen LogP contribution in [0.15, 0.2) is 36.4 Å². The van der Waals surface area contributed by atoms with Crippen molar-refractivity contribution in [2.24, 2.45) is 7.05 Å². The van der Waals surface area contributed by atoms with Crippen molar-refractivity contribution in [1.82, 2.24) is 20.3 Å². The Hall–Kier alpha value is -2.52. The minimum Gasteiger partial charge on any atom is -0.376 e. The van der Waals surface area contributed by atoms with Crippen molar-refractivity contribution in [3.05, 3.63) is 58.9 Å².